The third-order valence-corrected chi connectivity index (χ3v) is 16.8. The van der Waals surface area contributed by atoms with Gasteiger partial charge in [0, 0.05) is 71.2 Å². The number of hydrogen-bond donors (Lipinski definition) is 0. The molecule has 406 valence electrons. The SMILES string of the molecule is CC1(C)OB(c2cccc3c2nc(-c2ccccc2)c2cccc(-c4ccccc4)c23)OC1(C)C.c1ccc(-c2cc(-c3ccc(-c4cccc5c4nc(-c4ccccc4)c4cccc(-c6ccccc6)c45)cc3)nc(-c3ccccc3)n2)cc1. The van der Waals surface area contributed by atoms with Gasteiger partial charge >= 0.3 is 7.12 Å². The van der Waals surface area contributed by atoms with Gasteiger partial charge in [-0.3, -0.25) is 0 Å². The Morgan fingerprint density at radius 2 is 0.624 bits per heavy atom. The molecule has 15 rings (SSSR count). The van der Waals surface area contributed by atoms with Gasteiger partial charge in [-0.2, -0.15) is 0 Å². The second-order valence-corrected chi connectivity index (χ2v) is 22.6. The molecule has 1 aliphatic rings. The summed E-state index contributed by atoms with van der Waals surface area (Å²) in [7, 11) is -0.485. The molecule has 0 N–H and O–H groups in total. The van der Waals surface area contributed by atoms with Crippen LogP contribution in [0.1, 0.15) is 27.7 Å². The first-order chi connectivity index (χ1) is 41.7. The zero-order valence-corrected chi connectivity index (χ0v) is 47.8. The van der Waals surface area contributed by atoms with E-state index >= 15 is 0 Å². The molecule has 4 heterocycles. The quantitative estimate of drug-likeness (QED) is 0.106. The molecule has 1 fully saturated rings. The van der Waals surface area contributed by atoms with Crippen molar-refractivity contribution >= 4 is 55.9 Å². The number of para-hydroxylation sites is 2. The third-order valence-electron chi connectivity index (χ3n) is 16.8. The molecule has 0 atom stereocenters. The van der Waals surface area contributed by atoms with Crippen molar-refractivity contribution in [2.75, 3.05) is 0 Å². The second-order valence-electron chi connectivity index (χ2n) is 22.6. The zero-order chi connectivity index (χ0) is 57.5. The van der Waals surface area contributed by atoms with E-state index in [9.17, 15) is 0 Å². The summed E-state index contributed by atoms with van der Waals surface area (Å²) in [5.41, 5.74) is 18.0. The van der Waals surface area contributed by atoms with Crippen LogP contribution in [0.4, 0.5) is 0 Å². The van der Waals surface area contributed by atoms with E-state index in [0.717, 1.165) is 99.8 Å². The van der Waals surface area contributed by atoms with E-state index in [1.54, 1.807) is 0 Å². The van der Waals surface area contributed by atoms with Gasteiger partial charge in [-0.1, -0.05) is 279 Å². The Bertz CT molecular complexity index is 4660. The predicted octanol–water partition coefficient (Wildman–Crippen LogP) is 19.2. The summed E-state index contributed by atoms with van der Waals surface area (Å²) in [6, 6.07) is 99.4. The fourth-order valence-electron chi connectivity index (χ4n) is 11.8. The van der Waals surface area contributed by atoms with Crippen LogP contribution < -0.4 is 5.46 Å². The highest BCUT2D eigenvalue weighted by Crippen LogP contribution is 2.44. The van der Waals surface area contributed by atoms with Crippen LogP contribution in [0, 0.1) is 0 Å². The number of hydrogen-bond acceptors (Lipinski definition) is 6. The minimum absolute atomic E-state index is 0.422. The van der Waals surface area contributed by atoms with Crippen molar-refractivity contribution in [2.24, 2.45) is 0 Å². The van der Waals surface area contributed by atoms with Crippen molar-refractivity contribution < 1.29 is 9.31 Å². The van der Waals surface area contributed by atoms with E-state index in [0.29, 0.717) is 5.82 Å². The van der Waals surface area contributed by atoms with Crippen LogP contribution >= 0.6 is 0 Å². The van der Waals surface area contributed by atoms with Gasteiger partial charge in [0.1, 0.15) is 0 Å². The number of fused-ring (bicyclic) bond motifs is 6. The van der Waals surface area contributed by atoms with Crippen molar-refractivity contribution in [3.05, 3.63) is 285 Å². The Balaban J connectivity index is 0.000000161. The van der Waals surface area contributed by atoms with Gasteiger partial charge in [-0.15, -0.1) is 0 Å². The van der Waals surface area contributed by atoms with Crippen molar-refractivity contribution in [3.8, 4) is 89.8 Å². The summed E-state index contributed by atoms with van der Waals surface area (Å²) in [6.45, 7) is 8.35. The Kier molecular flexibility index (Phi) is 13.8. The second kappa shape index (κ2) is 22.2. The molecule has 0 spiro atoms. The number of aromatic nitrogens is 4. The van der Waals surface area contributed by atoms with Crippen LogP contribution in [0.5, 0.6) is 0 Å². The summed E-state index contributed by atoms with van der Waals surface area (Å²) in [4.78, 5) is 20.7. The summed E-state index contributed by atoms with van der Waals surface area (Å²) < 4.78 is 12.9. The van der Waals surface area contributed by atoms with Crippen LogP contribution in [0.15, 0.2) is 285 Å². The van der Waals surface area contributed by atoms with Crippen LogP contribution in [-0.4, -0.2) is 38.3 Å². The summed E-state index contributed by atoms with van der Waals surface area (Å²) in [6.07, 6.45) is 0. The normalized spacial score (nSPS) is 13.5. The molecule has 0 unspecified atom stereocenters. The maximum atomic E-state index is 6.47. The van der Waals surface area contributed by atoms with Crippen LogP contribution in [-0.2, 0) is 9.31 Å². The summed E-state index contributed by atoms with van der Waals surface area (Å²) in [5.74, 6) is 0.707. The lowest BCUT2D eigenvalue weighted by Gasteiger charge is -2.32. The Labute approximate surface area is 496 Å². The van der Waals surface area contributed by atoms with Gasteiger partial charge in [-0.05, 0) is 61.6 Å². The fourth-order valence-corrected chi connectivity index (χ4v) is 11.8. The van der Waals surface area contributed by atoms with E-state index in [1.165, 1.54) is 33.0 Å². The summed E-state index contributed by atoms with van der Waals surface area (Å²) >= 11 is 0. The van der Waals surface area contributed by atoms with Crippen LogP contribution in [0.3, 0.4) is 0 Å². The molecular weight excluding hydrogens is 1040 g/mol. The standard InChI is InChI=1S/C47H31N3.C31H28BNO2/c1-5-15-32(16-6-1)38-23-13-25-40-44(38)41-26-14-24-39(46(41)50-45(40)36-19-9-3-10-20-36)33-27-29-35(30-28-33)43-31-42(34-17-7-2-8-18-34)48-47(49-43)37-21-11-4-12-22-37;1-30(2)31(3,4)35-32(34-30)26-20-12-19-25-27-23(21-13-7-5-8-14-21)17-11-18-24(27)28(33-29(25)26)22-15-9-6-10-16-22/h1-31H;5-20H,1-4H3. The number of nitrogens with zero attached hydrogens (tertiary/aromatic N) is 4. The number of benzene rings is 11. The Morgan fingerprint density at radius 3 is 1.09 bits per heavy atom. The first-order valence-corrected chi connectivity index (χ1v) is 29.0. The molecule has 1 saturated heterocycles. The predicted molar refractivity (Wildman–Crippen MR) is 353 cm³/mol. The lowest BCUT2D eigenvalue weighted by molar-refractivity contribution is 0.00578. The molecule has 0 amide bonds. The first-order valence-electron chi connectivity index (χ1n) is 29.0. The van der Waals surface area contributed by atoms with Crippen LogP contribution in [0.2, 0.25) is 0 Å². The maximum absolute atomic E-state index is 6.47. The van der Waals surface area contributed by atoms with Crippen LogP contribution in [0.25, 0.3) is 133 Å². The monoisotopic (exact) mass is 1090 g/mol. The van der Waals surface area contributed by atoms with Gasteiger partial charge in [0.25, 0.3) is 0 Å². The average molecular weight is 1100 g/mol. The molecule has 7 heteroatoms. The minimum Gasteiger partial charge on any atom is -0.399 e. The molecule has 1 aliphatic heterocycles. The molecule has 0 aliphatic carbocycles. The van der Waals surface area contributed by atoms with E-state index in [1.807, 2.05) is 42.5 Å². The highest BCUT2D eigenvalue weighted by atomic mass is 16.7. The molecule has 14 aromatic rings. The topological polar surface area (TPSA) is 70.0 Å². The highest BCUT2D eigenvalue weighted by Gasteiger charge is 2.52. The van der Waals surface area contributed by atoms with Gasteiger partial charge in [0.15, 0.2) is 5.82 Å². The molecule has 11 aromatic carbocycles. The van der Waals surface area contributed by atoms with E-state index in [-0.39, 0.29) is 0 Å². The van der Waals surface area contributed by atoms with Crippen molar-refractivity contribution in [1.82, 2.24) is 19.9 Å². The van der Waals surface area contributed by atoms with Gasteiger partial charge < -0.3 is 9.31 Å². The number of rotatable bonds is 9. The lowest BCUT2D eigenvalue weighted by Crippen LogP contribution is -2.41. The summed E-state index contributed by atoms with van der Waals surface area (Å²) in [5, 5.41) is 6.92. The molecule has 0 bridgehead atoms. The number of pyridine rings is 2. The lowest BCUT2D eigenvalue weighted by atomic mass is 9.76. The Hall–Kier alpha value is -10.2. The van der Waals surface area contributed by atoms with E-state index in [4.69, 9.17) is 29.2 Å². The maximum Gasteiger partial charge on any atom is 0.497 e. The molecule has 6 nitrogen and oxygen atoms in total. The molecule has 85 heavy (non-hydrogen) atoms. The average Bonchev–Trinajstić information content (AvgIpc) is 1.90. The van der Waals surface area contributed by atoms with Gasteiger partial charge in [-0.25, -0.2) is 19.9 Å². The highest BCUT2D eigenvalue weighted by molar-refractivity contribution is 6.65. The Morgan fingerprint density at radius 1 is 0.282 bits per heavy atom. The molecular formula is C78H59BN4O2. The first kappa shape index (κ1) is 52.9. The van der Waals surface area contributed by atoms with E-state index < -0.39 is 18.3 Å². The zero-order valence-electron chi connectivity index (χ0n) is 47.8. The largest absolute Gasteiger partial charge is 0.497 e. The minimum atomic E-state index is -0.485. The van der Waals surface area contributed by atoms with Gasteiger partial charge in [0.2, 0.25) is 0 Å². The molecule has 0 radical (unpaired) electrons. The van der Waals surface area contributed by atoms with Gasteiger partial charge in [0.05, 0.1) is 45.0 Å². The van der Waals surface area contributed by atoms with Crippen molar-refractivity contribution in [2.45, 2.75) is 38.9 Å². The van der Waals surface area contributed by atoms with Crippen molar-refractivity contribution in [3.63, 3.8) is 0 Å². The fraction of sp³-hybridized carbons (Fsp3) is 0.0769. The smallest absolute Gasteiger partial charge is 0.399 e. The van der Waals surface area contributed by atoms with E-state index in [2.05, 4.69) is 270 Å². The third kappa shape index (κ3) is 10.0. The molecule has 0 saturated carbocycles. The van der Waals surface area contributed by atoms with Crippen molar-refractivity contribution in [1.29, 1.82) is 0 Å². The molecule has 3 aromatic heterocycles.